The fourth-order valence-electron chi connectivity index (χ4n) is 7.49. The molecule has 7 atom stereocenters. The number of Topliss-reactive ketones (excluding diaryl/α,β-unsaturated/α-hetero) is 1. The molecule has 0 amide bonds. The van der Waals surface area contributed by atoms with Gasteiger partial charge < -0.3 is 10.2 Å². The zero-order chi connectivity index (χ0) is 19.6. The largest absolute Gasteiger partial charge is 0.481 e. The van der Waals surface area contributed by atoms with E-state index in [4.69, 9.17) is 5.11 Å². The molecule has 0 bridgehead atoms. The van der Waals surface area contributed by atoms with Gasteiger partial charge in [-0.2, -0.15) is 0 Å². The van der Waals surface area contributed by atoms with E-state index < -0.39 is 18.5 Å². The summed E-state index contributed by atoms with van der Waals surface area (Å²) in [6.07, 6.45) is 6.36. The zero-order valence-electron chi connectivity index (χ0n) is 16.2. The Labute approximate surface area is 160 Å². The molecular weight excluding hydrogens is 344 g/mol. The molecule has 5 heteroatoms. The minimum absolute atomic E-state index is 0.124. The fraction of sp³-hybridized carbons (Fsp3) is 0.773. The van der Waals surface area contributed by atoms with E-state index >= 15 is 0 Å². The normalized spacial score (nSPS) is 46.1. The first-order valence-electron chi connectivity index (χ1n) is 10.3. The number of carbonyl (C=O) groups is 3. The predicted octanol–water partition coefficient (Wildman–Crippen LogP) is 3.15. The van der Waals surface area contributed by atoms with E-state index in [9.17, 15) is 19.5 Å². The van der Waals surface area contributed by atoms with Crippen LogP contribution in [0.5, 0.6) is 0 Å². The molecule has 0 saturated heterocycles. The summed E-state index contributed by atoms with van der Waals surface area (Å²) in [5.41, 5.74) is 0.773. The number of ketones is 2. The van der Waals surface area contributed by atoms with Gasteiger partial charge in [0.25, 0.3) is 0 Å². The summed E-state index contributed by atoms with van der Waals surface area (Å²) in [5, 5.41) is 20.3. The molecular formula is C22H30O5. The second-order valence-electron chi connectivity index (χ2n) is 9.83. The number of allylic oxidation sites excluding steroid dienone is 1. The van der Waals surface area contributed by atoms with E-state index in [1.807, 2.05) is 6.08 Å². The van der Waals surface area contributed by atoms with Crippen molar-refractivity contribution in [2.45, 2.75) is 71.3 Å². The Morgan fingerprint density at radius 3 is 2.63 bits per heavy atom. The van der Waals surface area contributed by atoms with Crippen LogP contribution in [0.1, 0.15) is 65.2 Å². The highest BCUT2D eigenvalue weighted by atomic mass is 16.4. The van der Waals surface area contributed by atoms with Crippen LogP contribution in [0.15, 0.2) is 11.6 Å². The Kier molecular flexibility index (Phi) is 4.37. The number of carbonyl (C=O) groups excluding carboxylic acids is 2. The molecule has 0 radical (unpaired) electrons. The molecule has 0 aromatic rings. The van der Waals surface area contributed by atoms with Gasteiger partial charge in [0.15, 0.2) is 5.78 Å². The number of hydrogen-bond donors (Lipinski definition) is 2. The van der Waals surface area contributed by atoms with Crippen LogP contribution in [-0.2, 0) is 14.4 Å². The van der Waals surface area contributed by atoms with Gasteiger partial charge in [-0.15, -0.1) is 0 Å². The van der Waals surface area contributed by atoms with Gasteiger partial charge in [0.05, 0.1) is 6.10 Å². The highest BCUT2D eigenvalue weighted by Crippen LogP contribution is 2.66. The highest BCUT2D eigenvalue weighted by Gasteiger charge is 2.62. The third kappa shape index (κ3) is 2.72. The number of hydrogen-bond acceptors (Lipinski definition) is 4. The van der Waals surface area contributed by atoms with Crippen LogP contribution in [0.25, 0.3) is 0 Å². The van der Waals surface area contributed by atoms with Crippen LogP contribution in [0.4, 0.5) is 0 Å². The molecule has 0 aliphatic heterocycles. The van der Waals surface area contributed by atoms with Crippen molar-refractivity contribution in [1.29, 1.82) is 0 Å². The summed E-state index contributed by atoms with van der Waals surface area (Å²) in [6.45, 7) is 4.32. The Hall–Kier alpha value is -1.49. The molecule has 3 saturated carbocycles. The average Bonchev–Trinajstić information content (AvgIpc) is 2.91. The lowest BCUT2D eigenvalue weighted by Crippen LogP contribution is -2.57. The molecule has 0 heterocycles. The van der Waals surface area contributed by atoms with E-state index in [1.165, 1.54) is 5.57 Å². The minimum atomic E-state index is -1.06. The fourth-order valence-corrected chi connectivity index (χ4v) is 7.49. The number of aliphatic hydroxyl groups is 1. The van der Waals surface area contributed by atoms with Crippen molar-refractivity contribution in [1.82, 2.24) is 0 Å². The van der Waals surface area contributed by atoms with E-state index in [-0.39, 0.29) is 34.2 Å². The maximum Gasteiger partial charge on any atom is 0.310 e. The number of rotatable bonds is 3. The van der Waals surface area contributed by atoms with Gasteiger partial charge in [0.2, 0.25) is 0 Å². The first kappa shape index (κ1) is 18.9. The molecule has 0 spiro atoms. The molecule has 0 aromatic carbocycles. The lowest BCUT2D eigenvalue weighted by Gasteiger charge is -2.59. The molecule has 3 fully saturated rings. The second-order valence-corrected chi connectivity index (χ2v) is 9.83. The number of carboxylic acids is 1. The smallest absolute Gasteiger partial charge is 0.310 e. The number of carboxylic acid groups (broad SMARTS) is 1. The predicted molar refractivity (Wildman–Crippen MR) is 98.8 cm³/mol. The number of aliphatic hydroxyl groups excluding tert-OH is 1. The summed E-state index contributed by atoms with van der Waals surface area (Å²) >= 11 is 0. The highest BCUT2D eigenvalue weighted by molar-refractivity contribution is 5.96. The number of aliphatic carboxylic acids is 1. The summed E-state index contributed by atoms with van der Waals surface area (Å²) in [4.78, 5) is 35.6. The Morgan fingerprint density at radius 1 is 1.19 bits per heavy atom. The van der Waals surface area contributed by atoms with Gasteiger partial charge in [-0.25, -0.2) is 0 Å². The molecule has 4 aliphatic rings. The molecule has 2 N–H and O–H groups in total. The maximum absolute atomic E-state index is 12.6. The number of fused-ring (bicyclic) bond motifs is 5. The maximum atomic E-state index is 12.6. The van der Waals surface area contributed by atoms with Crippen molar-refractivity contribution in [3.8, 4) is 0 Å². The molecule has 4 rings (SSSR count). The first-order valence-corrected chi connectivity index (χ1v) is 10.3. The van der Waals surface area contributed by atoms with Crippen LogP contribution in [0.2, 0.25) is 0 Å². The summed E-state index contributed by atoms with van der Waals surface area (Å²) < 4.78 is 0. The van der Waals surface area contributed by atoms with Crippen LogP contribution >= 0.6 is 0 Å². The third-order valence-electron chi connectivity index (χ3n) is 8.61. The lowest BCUT2D eigenvalue weighted by atomic mass is 9.46. The Morgan fingerprint density at radius 2 is 1.93 bits per heavy atom. The quantitative estimate of drug-likeness (QED) is 0.741. The molecule has 0 aromatic heterocycles. The van der Waals surface area contributed by atoms with Crippen molar-refractivity contribution in [3.63, 3.8) is 0 Å². The summed E-state index contributed by atoms with van der Waals surface area (Å²) in [5.74, 6) is -0.460. The van der Waals surface area contributed by atoms with Gasteiger partial charge in [-0.1, -0.05) is 19.4 Å². The first-order chi connectivity index (χ1) is 12.7. The SMILES string of the molecule is C[C@]12C[C@H](O)[C@H]3[C@@H](CCC4=CC(=O)CC[C@@]43C)C1CCC2C(=O)CC(=O)O. The standard InChI is InChI=1S/C22H30O5/c1-21-8-7-13(23)9-12(21)3-4-14-15-5-6-16(17(24)10-19(26)27)22(15,2)11-18(25)20(14)21/h9,14-16,18,20,25H,3-8,10-11H2,1-2H3,(H,26,27)/t14-,15?,16?,18-,20+,21-,22-/m0/s1. The van der Waals surface area contributed by atoms with Crippen molar-refractivity contribution in [3.05, 3.63) is 11.6 Å². The average molecular weight is 374 g/mol. The molecule has 148 valence electrons. The topological polar surface area (TPSA) is 91.7 Å². The third-order valence-corrected chi connectivity index (χ3v) is 8.61. The van der Waals surface area contributed by atoms with Gasteiger partial charge in [-0.05, 0) is 73.2 Å². The zero-order valence-corrected chi connectivity index (χ0v) is 16.2. The van der Waals surface area contributed by atoms with Crippen LogP contribution < -0.4 is 0 Å². The van der Waals surface area contributed by atoms with Crippen molar-refractivity contribution in [2.24, 2.45) is 34.5 Å². The van der Waals surface area contributed by atoms with Crippen molar-refractivity contribution in [2.75, 3.05) is 0 Å². The van der Waals surface area contributed by atoms with Gasteiger partial charge in [0, 0.05) is 12.3 Å². The minimum Gasteiger partial charge on any atom is -0.481 e. The lowest BCUT2D eigenvalue weighted by molar-refractivity contribution is -0.149. The van der Waals surface area contributed by atoms with Crippen LogP contribution in [0, 0.1) is 34.5 Å². The monoisotopic (exact) mass is 374 g/mol. The Balaban J connectivity index is 1.65. The van der Waals surface area contributed by atoms with Gasteiger partial charge in [0.1, 0.15) is 12.2 Å². The second kappa shape index (κ2) is 6.26. The van der Waals surface area contributed by atoms with Crippen LogP contribution in [0.3, 0.4) is 0 Å². The van der Waals surface area contributed by atoms with E-state index in [1.54, 1.807) is 0 Å². The van der Waals surface area contributed by atoms with E-state index in [0.717, 1.165) is 32.1 Å². The van der Waals surface area contributed by atoms with Crippen molar-refractivity contribution < 1.29 is 24.6 Å². The van der Waals surface area contributed by atoms with Crippen molar-refractivity contribution >= 4 is 17.5 Å². The molecule has 5 nitrogen and oxygen atoms in total. The summed E-state index contributed by atoms with van der Waals surface area (Å²) in [7, 11) is 0. The van der Waals surface area contributed by atoms with Gasteiger partial charge >= 0.3 is 5.97 Å². The summed E-state index contributed by atoms with van der Waals surface area (Å²) in [6, 6.07) is 0. The van der Waals surface area contributed by atoms with E-state index in [2.05, 4.69) is 13.8 Å². The van der Waals surface area contributed by atoms with E-state index in [0.29, 0.717) is 24.7 Å². The molecule has 2 unspecified atom stereocenters. The molecule has 27 heavy (non-hydrogen) atoms. The molecule has 4 aliphatic carbocycles. The van der Waals surface area contributed by atoms with Crippen LogP contribution in [-0.4, -0.2) is 33.9 Å². The van der Waals surface area contributed by atoms with Gasteiger partial charge in [-0.3, -0.25) is 14.4 Å². The Bertz CT molecular complexity index is 724.